The Bertz CT molecular complexity index is 345. The van der Waals surface area contributed by atoms with Gasteiger partial charge in [-0.05, 0) is 18.1 Å². The van der Waals surface area contributed by atoms with E-state index in [1.165, 1.54) is 0 Å². The molecule has 3 N–H and O–H groups in total. The highest BCUT2D eigenvalue weighted by Gasteiger charge is 2.00. The van der Waals surface area contributed by atoms with E-state index in [1.807, 2.05) is 24.3 Å². The first-order chi connectivity index (χ1) is 7.74. The molecule has 4 nitrogen and oxygen atoms in total. The molecule has 1 aromatic carbocycles. The van der Waals surface area contributed by atoms with Gasteiger partial charge in [0.05, 0.1) is 6.61 Å². The first kappa shape index (κ1) is 13.0. The van der Waals surface area contributed by atoms with E-state index in [1.54, 1.807) is 0 Å². The second-order valence-electron chi connectivity index (χ2n) is 3.32. The number of halogens is 1. The van der Waals surface area contributed by atoms with Gasteiger partial charge >= 0.3 is 0 Å². The lowest BCUT2D eigenvalue weighted by Crippen LogP contribution is -2.29. The summed E-state index contributed by atoms with van der Waals surface area (Å²) >= 11 is 5.95. The van der Waals surface area contributed by atoms with E-state index < -0.39 is 0 Å². The Labute approximate surface area is 99.7 Å². The average molecular weight is 243 g/mol. The van der Waals surface area contributed by atoms with Crippen LogP contribution in [0.15, 0.2) is 24.3 Å². The molecule has 1 rings (SSSR count). The normalized spacial score (nSPS) is 10.1. The lowest BCUT2D eigenvalue weighted by atomic mass is 10.2. The molecule has 0 bridgehead atoms. The zero-order chi connectivity index (χ0) is 11.8. The molecular formula is C11H15ClN2O2. The number of benzene rings is 1. The van der Waals surface area contributed by atoms with Gasteiger partial charge < -0.3 is 4.74 Å². The molecule has 0 heterocycles. The van der Waals surface area contributed by atoms with E-state index in [2.05, 4.69) is 5.43 Å². The van der Waals surface area contributed by atoms with Gasteiger partial charge in [-0.2, -0.15) is 0 Å². The van der Waals surface area contributed by atoms with Gasteiger partial charge in [-0.25, -0.2) is 5.84 Å². The van der Waals surface area contributed by atoms with Crippen LogP contribution < -0.4 is 11.3 Å². The summed E-state index contributed by atoms with van der Waals surface area (Å²) in [4.78, 5) is 10.8. The molecule has 0 atom stereocenters. The number of hydrogen-bond donors (Lipinski definition) is 2. The van der Waals surface area contributed by atoms with Crippen molar-refractivity contribution in [3.63, 3.8) is 0 Å². The van der Waals surface area contributed by atoms with Gasteiger partial charge in [0, 0.05) is 18.1 Å². The largest absolute Gasteiger partial charge is 0.377 e. The standard InChI is InChI=1S/C11H15ClN2O2/c12-10-5-2-1-4-9(10)8-16-7-3-6-11(15)14-13/h1-2,4-5H,3,6-8,13H2,(H,14,15). The molecule has 16 heavy (non-hydrogen) atoms. The van der Waals surface area contributed by atoms with Crippen molar-refractivity contribution >= 4 is 17.5 Å². The maximum atomic E-state index is 10.8. The Morgan fingerprint density at radius 2 is 2.19 bits per heavy atom. The lowest BCUT2D eigenvalue weighted by molar-refractivity contribution is -0.121. The summed E-state index contributed by atoms with van der Waals surface area (Å²) in [5.74, 6) is 4.76. The fraction of sp³-hybridized carbons (Fsp3) is 0.364. The van der Waals surface area contributed by atoms with E-state index in [9.17, 15) is 4.79 Å². The van der Waals surface area contributed by atoms with Crippen LogP contribution in [0.4, 0.5) is 0 Å². The van der Waals surface area contributed by atoms with Crippen molar-refractivity contribution in [3.05, 3.63) is 34.9 Å². The summed E-state index contributed by atoms with van der Waals surface area (Å²) in [6.07, 6.45) is 1.02. The summed E-state index contributed by atoms with van der Waals surface area (Å²) < 4.78 is 5.39. The Hall–Kier alpha value is -1.10. The SMILES string of the molecule is NNC(=O)CCCOCc1ccccc1Cl. The van der Waals surface area contributed by atoms with Gasteiger partial charge in [0.2, 0.25) is 5.91 Å². The van der Waals surface area contributed by atoms with Crippen LogP contribution >= 0.6 is 11.6 Å². The zero-order valence-corrected chi connectivity index (χ0v) is 9.67. The topological polar surface area (TPSA) is 64.3 Å². The molecular weight excluding hydrogens is 228 g/mol. The minimum atomic E-state index is -0.179. The van der Waals surface area contributed by atoms with Gasteiger partial charge in [-0.3, -0.25) is 10.2 Å². The number of ether oxygens (including phenoxy) is 1. The number of rotatable bonds is 6. The Balaban J connectivity index is 2.17. The first-order valence-corrected chi connectivity index (χ1v) is 5.42. The predicted octanol–water partition coefficient (Wildman–Crippen LogP) is 1.63. The summed E-state index contributed by atoms with van der Waals surface area (Å²) in [6, 6.07) is 7.51. The molecule has 0 unspecified atom stereocenters. The molecule has 0 radical (unpaired) electrons. The number of carbonyl (C=O) groups is 1. The molecule has 0 fully saturated rings. The average Bonchev–Trinajstić information content (AvgIpc) is 2.30. The van der Waals surface area contributed by atoms with Gasteiger partial charge in [0.15, 0.2) is 0 Å². The molecule has 0 saturated carbocycles. The molecule has 0 aliphatic carbocycles. The highest BCUT2D eigenvalue weighted by Crippen LogP contribution is 2.15. The summed E-state index contributed by atoms with van der Waals surface area (Å²) in [6.45, 7) is 0.975. The second kappa shape index (κ2) is 7.22. The van der Waals surface area contributed by atoms with Crippen LogP contribution in [0.5, 0.6) is 0 Å². The predicted molar refractivity (Wildman–Crippen MR) is 62.7 cm³/mol. The quantitative estimate of drug-likeness (QED) is 0.345. The van der Waals surface area contributed by atoms with Crippen molar-refractivity contribution in [2.75, 3.05) is 6.61 Å². The smallest absolute Gasteiger partial charge is 0.233 e. The third-order valence-corrected chi connectivity index (χ3v) is 2.44. The molecule has 0 saturated heterocycles. The molecule has 0 aliphatic heterocycles. The third-order valence-electron chi connectivity index (χ3n) is 2.07. The Morgan fingerprint density at radius 1 is 1.44 bits per heavy atom. The third kappa shape index (κ3) is 4.61. The van der Waals surface area contributed by atoms with E-state index >= 15 is 0 Å². The van der Waals surface area contributed by atoms with Gasteiger partial charge in [-0.1, -0.05) is 29.8 Å². The molecule has 88 valence electrons. The minimum absolute atomic E-state index is 0.179. The van der Waals surface area contributed by atoms with Gasteiger partial charge in [0.25, 0.3) is 0 Å². The van der Waals surface area contributed by atoms with Crippen LogP contribution in [-0.2, 0) is 16.1 Å². The van der Waals surface area contributed by atoms with Crippen LogP contribution in [0, 0.1) is 0 Å². The number of hydrazine groups is 1. The van der Waals surface area contributed by atoms with E-state index in [4.69, 9.17) is 22.2 Å². The molecule has 0 aliphatic rings. The summed E-state index contributed by atoms with van der Waals surface area (Å²) in [7, 11) is 0. The van der Waals surface area contributed by atoms with Crippen molar-refractivity contribution in [1.29, 1.82) is 0 Å². The fourth-order valence-electron chi connectivity index (χ4n) is 1.20. The van der Waals surface area contributed by atoms with Crippen LogP contribution in [0.1, 0.15) is 18.4 Å². The molecule has 1 amide bonds. The van der Waals surface area contributed by atoms with Crippen LogP contribution in [-0.4, -0.2) is 12.5 Å². The monoisotopic (exact) mass is 242 g/mol. The number of hydrogen-bond acceptors (Lipinski definition) is 3. The Morgan fingerprint density at radius 3 is 2.88 bits per heavy atom. The maximum Gasteiger partial charge on any atom is 0.233 e. The van der Waals surface area contributed by atoms with Crippen molar-refractivity contribution in [2.24, 2.45) is 5.84 Å². The number of carbonyl (C=O) groups excluding carboxylic acids is 1. The van der Waals surface area contributed by atoms with E-state index in [0.29, 0.717) is 31.1 Å². The highest BCUT2D eigenvalue weighted by molar-refractivity contribution is 6.31. The van der Waals surface area contributed by atoms with Crippen molar-refractivity contribution in [1.82, 2.24) is 5.43 Å². The maximum absolute atomic E-state index is 10.8. The molecule has 5 heteroatoms. The highest BCUT2D eigenvalue weighted by atomic mass is 35.5. The van der Waals surface area contributed by atoms with Crippen LogP contribution in [0.2, 0.25) is 5.02 Å². The minimum Gasteiger partial charge on any atom is -0.377 e. The molecule has 0 spiro atoms. The van der Waals surface area contributed by atoms with Gasteiger partial charge in [0.1, 0.15) is 0 Å². The lowest BCUT2D eigenvalue weighted by Gasteiger charge is -2.05. The zero-order valence-electron chi connectivity index (χ0n) is 8.91. The van der Waals surface area contributed by atoms with Crippen molar-refractivity contribution < 1.29 is 9.53 Å². The van der Waals surface area contributed by atoms with Crippen LogP contribution in [0.25, 0.3) is 0 Å². The van der Waals surface area contributed by atoms with E-state index in [-0.39, 0.29) is 5.91 Å². The number of amides is 1. The summed E-state index contributed by atoms with van der Waals surface area (Å²) in [5.41, 5.74) is 3.02. The second-order valence-corrected chi connectivity index (χ2v) is 3.72. The molecule has 1 aromatic rings. The summed E-state index contributed by atoms with van der Waals surface area (Å²) in [5, 5.41) is 0.696. The van der Waals surface area contributed by atoms with Crippen molar-refractivity contribution in [3.8, 4) is 0 Å². The van der Waals surface area contributed by atoms with Crippen molar-refractivity contribution in [2.45, 2.75) is 19.4 Å². The Kier molecular flexibility index (Phi) is 5.85. The van der Waals surface area contributed by atoms with Gasteiger partial charge in [-0.15, -0.1) is 0 Å². The fourth-order valence-corrected chi connectivity index (χ4v) is 1.39. The molecule has 0 aromatic heterocycles. The van der Waals surface area contributed by atoms with Crippen LogP contribution in [0.3, 0.4) is 0 Å². The van der Waals surface area contributed by atoms with E-state index in [0.717, 1.165) is 5.56 Å². The first-order valence-electron chi connectivity index (χ1n) is 5.04. The number of nitrogens with one attached hydrogen (secondary N) is 1. The number of nitrogens with two attached hydrogens (primary N) is 1.